The molecule has 2 aromatic rings. The Morgan fingerprint density at radius 1 is 1.06 bits per heavy atom. The summed E-state index contributed by atoms with van der Waals surface area (Å²) in [5, 5.41) is 0. The Labute approximate surface area is 201 Å². The van der Waals surface area contributed by atoms with Gasteiger partial charge in [0.25, 0.3) is 0 Å². The molecule has 0 heterocycles. The lowest BCUT2D eigenvalue weighted by molar-refractivity contribution is -0.134. The maximum Gasteiger partial charge on any atom is 0.338 e. The van der Waals surface area contributed by atoms with Crippen molar-refractivity contribution < 1.29 is 28.7 Å². The molecule has 0 amide bonds. The molecule has 0 aliphatic heterocycles. The molecular weight excluding hydrogens is 488 g/mol. The van der Waals surface area contributed by atoms with Crippen LogP contribution in [0.15, 0.2) is 59.1 Å². The molecule has 0 bridgehead atoms. The fourth-order valence-corrected chi connectivity index (χ4v) is 3.99. The van der Waals surface area contributed by atoms with Crippen molar-refractivity contribution >= 4 is 39.2 Å². The first-order valence-electron chi connectivity index (χ1n) is 10.6. The highest BCUT2D eigenvalue weighted by Crippen LogP contribution is 2.31. The number of halogens is 1. The molecule has 3 rings (SSSR count). The van der Waals surface area contributed by atoms with Gasteiger partial charge in [-0.1, -0.05) is 41.6 Å². The summed E-state index contributed by atoms with van der Waals surface area (Å²) in [4.78, 5) is 51.2. The minimum Gasteiger partial charge on any atom is -0.489 e. The Bertz CT molecular complexity index is 1080. The standard InChI is InChI=1S/C26H25BrO6/c1-15(2)13-32-22-6-4-5-18(14-33-26(31)17-7-9-19(27)10-8-17)23(22)25(30)24-20(28)11-16(3)12-21(24)29/h4-10,16,24H,1,11-14H2,2-3H3. The van der Waals surface area contributed by atoms with Crippen molar-refractivity contribution in [1.29, 1.82) is 0 Å². The van der Waals surface area contributed by atoms with E-state index in [1.54, 1.807) is 49.4 Å². The molecule has 0 N–H and O–H groups in total. The van der Waals surface area contributed by atoms with Crippen LogP contribution in [0.4, 0.5) is 0 Å². The highest BCUT2D eigenvalue weighted by molar-refractivity contribution is 9.10. The fourth-order valence-electron chi connectivity index (χ4n) is 3.72. The predicted octanol–water partition coefficient (Wildman–Crippen LogP) is 5.13. The first-order chi connectivity index (χ1) is 15.7. The molecule has 1 fully saturated rings. The third kappa shape index (κ3) is 6.05. The lowest BCUT2D eigenvalue weighted by Crippen LogP contribution is -2.38. The van der Waals surface area contributed by atoms with Gasteiger partial charge in [0.1, 0.15) is 24.9 Å². The largest absolute Gasteiger partial charge is 0.489 e. The second-order valence-electron chi connectivity index (χ2n) is 8.36. The maximum absolute atomic E-state index is 13.5. The lowest BCUT2D eigenvalue weighted by atomic mass is 9.76. The highest BCUT2D eigenvalue weighted by Gasteiger charge is 2.40. The summed E-state index contributed by atoms with van der Waals surface area (Å²) < 4.78 is 12.0. The van der Waals surface area contributed by atoms with E-state index in [0.717, 1.165) is 10.0 Å². The first-order valence-corrected chi connectivity index (χ1v) is 11.4. The fraction of sp³-hybridized carbons (Fsp3) is 0.308. The number of carbonyl (C=O) groups excluding carboxylic acids is 4. The second-order valence-corrected chi connectivity index (χ2v) is 9.28. The number of esters is 1. The van der Waals surface area contributed by atoms with E-state index in [0.29, 0.717) is 11.1 Å². The van der Waals surface area contributed by atoms with Crippen LogP contribution in [0.3, 0.4) is 0 Å². The third-order valence-corrected chi connectivity index (χ3v) is 5.81. The first kappa shape index (κ1) is 24.6. The zero-order valence-electron chi connectivity index (χ0n) is 18.6. The van der Waals surface area contributed by atoms with Crippen molar-refractivity contribution in [3.63, 3.8) is 0 Å². The normalized spacial score (nSPS) is 18.0. The smallest absolute Gasteiger partial charge is 0.338 e. The van der Waals surface area contributed by atoms with E-state index < -0.39 is 29.2 Å². The van der Waals surface area contributed by atoms with E-state index in [9.17, 15) is 19.2 Å². The zero-order chi connectivity index (χ0) is 24.1. The molecule has 1 saturated carbocycles. The van der Waals surface area contributed by atoms with Crippen LogP contribution in [0.5, 0.6) is 5.75 Å². The average Bonchev–Trinajstić information content (AvgIpc) is 2.75. The van der Waals surface area contributed by atoms with Gasteiger partial charge in [0, 0.05) is 22.9 Å². The van der Waals surface area contributed by atoms with Crippen LogP contribution in [0.2, 0.25) is 0 Å². The van der Waals surface area contributed by atoms with Crippen LogP contribution in [-0.2, 0) is 20.9 Å². The SMILES string of the molecule is C=C(C)COc1cccc(COC(=O)c2ccc(Br)cc2)c1C(=O)C1C(=O)CC(C)CC1=O. The quantitative estimate of drug-likeness (QED) is 0.211. The summed E-state index contributed by atoms with van der Waals surface area (Å²) in [7, 11) is 0. The van der Waals surface area contributed by atoms with Crippen molar-refractivity contribution in [3.8, 4) is 5.75 Å². The van der Waals surface area contributed by atoms with Crippen LogP contribution in [0.1, 0.15) is 53.0 Å². The summed E-state index contributed by atoms with van der Waals surface area (Å²) in [5.74, 6) is -3.20. The minimum atomic E-state index is -1.36. The topological polar surface area (TPSA) is 86.7 Å². The molecule has 1 aliphatic rings. The van der Waals surface area contributed by atoms with Gasteiger partial charge < -0.3 is 9.47 Å². The molecule has 0 aromatic heterocycles. The van der Waals surface area contributed by atoms with Gasteiger partial charge in [-0.05, 0) is 48.7 Å². The van der Waals surface area contributed by atoms with E-state index in [1.807, 2.05) is 6.92 Å². The van der Waals surface area contributed by atoms with E-state index in [-0.39, 0.29) is 43.3 Å². The summed E-state index contributed by atoms with van der Waals surface area (Å²) >= 11 is 3.31. The molecule has 172 valence electrons. The molecule has 1 aliphatic carbocycles. The molecule has 0 saturated heterocycles. The van der Waals surface area contributed by atoms with Gasteiger partial charge in [-0.3, -0.25) is 14.4 Å². The Balaban J connectivity index is 1.92. The summed E-state index contributed by atoms with van der Waals surface area (Å²) in [6.45, 7) is 7.33. The monoisotopic (exact) mass is 512 g/mol. The van der Waals surface area contributed by atoms with Crippen molar-refractivity contribution in [2.75, 3.05) is 6.61 Å². The van der Waals surface area contributed by atoms with Gasteiger partial charge in [0.2, 0.25) is 0 Å². The number of benzene rings is 2. The Hall–Kier alpha value is -3.06. The number of rotatable bonds is 8. The van der Waals surface area contributed by atoms with E-state index >= 15 is 0 Å². The van der Waals surface area contributed by atoms with E-state index in [2.05, 4.69) is 22.5 Å². The van der Waals surface area contributed by atoms with Crippen LogP contribution in [0.25, 0.3) is 0 Å². The molecule has 0 radical (unpaired) electrons. The van der Waals surface area contributed by atoms with Crippen LogP contribution < -0.4 is 4.74 Å². The van der Waals surface area contributed by atoms with E-state index in [1.165, 1.54) is 0 Å². The Morgan fingerprint density at radius 2 is 1.70 bits per heavy atom. The van der Waals surface area contributed by atoms with Crippen molar-refractivity contribution in [2.45, 2.75) is 33.3 Å². The molecule has 7 heteroatoms. The number of hydrogen-bond donors (Lipinski definition) is 0. The van der Waals surface area contributed by atoms with Gasteiger partial charge in [0.15, 0.2) is 17.3 Å². The average molecular weight is 513 g/mol. The Morgan fingerprint density at radius 3 is 2.30 bits per heavy atom. The maximum atomic E-state index is 13.5. The number of ketones is 3. The van der Waals surface area contributed by atoms with Crippen molar-refractivity contribution in [2.24, 2.45) is 11.8 Å². The molecule has 33 heavy (non-hydrogen) atoms. The van der Waals surface area contributed by atoms with Crippen LogP contribution >= 0.6 is 15.9 Å². The highest BCUT2D eigenvalue weighted by atomic mass is 79.9. The van der Waals surface area contributed by atoms with Gasteiger partial charge in [0.05, 0.1) is 11.1 Å². The summed E-state index contributed by atoms with van der Waals surface area (Å²) in [6, 6.07) is 11.6. The number of ether oxygens (including phenoxy) is 2. The minimum absolute atomic E-state index is 0.0867. The van der Waals surface area contributed by atoms with E-state index in [4.69, 9.17) is 9.47 Å². The summed E-state index contributed by atoms with van der Waals surface area (Å²) in [5.41, 5.74) is 1.54. The van der Waals surface area contributed by atoms with Crippen molar-refractivity contribution in [1.82, 2.24) is 0 Å². The second kappa shape index (κ2) is 10.7. The number of carbonyl (C=O) groups is 4. The van der Waals surface area contributed by atoms with Gasteiger partial charge in [-0.25, -0.2) is 4.79 Å². The third-order valence-electron chi connectivity index (χ3n) is 5.28. The number of Topliss-reactive ketones (excluding diaryl/α,β-unsaturated/α-hetero) is 3. The predicted molar refractivity (Wildman–Crippen MR) is 126 cm³/mol. The lowest BCUT2D eigenvalue weighted by Gasteiger charge is -2.24. The molecule has 6 nitrogen and oxygen atoms in total. The van der Waals surface area contributed by atoms with Gasteiger partial charge >= 0.3 is 5.97 Å². The van der Waals surface area contributed by atoms with Crippen LogP contribution in [0, 0.1) is 11.8 Å². The number of hydrogen-bond acceptors (Lipinski definition) is 6. The van der Waals surface area contributed by atoms with Gasteiger partial charge in [-0.2, -0.15) is 0 Å². The van der Waals surface area contributed by atoms with Gasteiger partial charge in [-0.15, -0.1) is 0 Å². The molecule has 0 spiro atoms. The molecule has 0 unspecified atom stereocenters. The molecular formula is C26H25BrO6. The van der Waals surface area contributed by atoms with Crippen LogP contribution in [-0.4, -0.2) is 29.9 Å². The van der Waals surface area contributed by atoms with Crippen molar-refractivity contribution in [3.05, 3.63) is 75.8 Å². The Kier molecular flexibility index (Phi) is 7.97. The summed E-state index contributed by atoms with van der Waals surface area (Å²) in [6.07, 6.45) is 0.343. The molecule has 0 atom stereocenters. The zero-order valence-corrected chi connectivity index (χ0v) is 20.1. The molecule has 2 aromatic carbocycles.